The van der Waals surface area contributed by atoms with E-state index in [1.165, 1.54) is 4.68 Å². The number of halogens is 1. The smallest absolute Gasteiger partial charge is 0.291 e. The number of aromatic nitrogens is 3. The summed E-state index contributed by atoms with van der Waals surface area (Å²) in [4.78, 5) is 13.9. The standard InChI is InChI=1S/C9H8ClN3O/c10-6-8-11-9(14)13(12-8)7-4-2-1-3-5-7/h1-5H,6H2,(H,11,12,14). The molecule has 0 aliphatic heterocycles. The molecule has 2 aromatic rings. The Kier molecular flexibility index (Phi) is 2.37. The summed E-state index contributed by atoms with van der Waals surface area (Å²) in [5.41, 5.74) is 0.456. The highest BCUT2D eigenvalue weighted by Crippen LogP contribution is 2.02. The van der Waals surface area contributed by atoms with Crippen LogP contribution in [0.1, 0.15) is 5.82 Å². The van der Waals surface area contributed by atoms with Crippen LogP contribution >= 0.6 is 11.6 Å². The molecule has 0 spiro atoms. The molecule has 4 nitrogen and oxygen atoms in total. The van der Waals surface area contributed by atoms with Gasteiger partial charge >= 0.3 is 5.69 Å². The predicted octanol–water partition coefficient (Wildman–Crippen LogP) is 1.30. The van der Waals surface area contributed by atoms with Gasteiger partial charge in [-0.2, -0.15) is 4.68 Å². The van der Waals surface area contributed by atoms with Gasteiger partial charge < -0.3 is 0 Å². The maximum Gasteiger partial charge on any atom is 0.348 e. The lowest BCUT2D eigenvalue weighted by Crippen LogP contribution is -2.15. The molecule has 0 atom stereocenters. The monoisotopic (exact) mass is 209 g/mol. The summed E-state index contributed by atoms with van der Waals surface area (Å²) >= 11 is 5.55. The summed E-state index contributed by atoms with van der Waals surface area (Å²) in [5.74, 6) is 0.676. The van der Waals surface area contributed by atoms with Crippen molar-refractivity contribution in [1.29, 1.82) is 0 Å². The van der Waals surface area contributed by atoms with E-state index in [0.717, 1.165) is 5.69 Å². The maximum atomic E-state index is 11.4. The van der Waals surface area contributed by atoms with Crippen LogP contribution in [0.3, 0.4) is 0 Å². The Morgan fingerprint density at radius 1 is 1.36 bits per heavy atom. The molecule has 5 heteroatoms. The van der Waals surface area contributed by atoms with E-state index in [2.05, 4.69) is 10.1 Å². The molecule has 1 aromatic carbocycles. The second-order valence-corrected chi connectivity index (χ2v) is 3.03. The summed E-state index contributed by atoms with van der Waals surface area (Å²) in [6, 6.07) is 9.18. The van der Waals surface area contributed by atoms with Crippen molar-refractivity contribution < 1.29 is 0 Å². The van der Waals surface area contributed by atoms with Crippen LogP contribution in [-0.4, -0.2) is 14.8 Å². The van der Waals surface area contributed by atoms with Crippen molar-refractivity contribution in [3.05, 3.63) is 46.6 Å². The second-order valence-electron chi connectivity index (χ2n) is 2.76. The third-order valence-electron chi connectivity index (χ3n) is 1.79. The molecule has 72 valence electrons. The minimum Gasteiger partial charge on any atom is -0.291 e. The van der Waals surface area contributed by atoms with Crippen LogP contribution < -0.4 is 5.69 Å². The lowest BCUT2D eigenvalue weighted by molar-refractivity contribution is 0.831. The molecule has 0 fully saturated rings. The molecular formula is C9H8ClN3O. The lowest BCUT2D eigenvalue weighted by Gasteiger charge is -1.96. The Morgan fingerprint density at radius 2 is 2.07 bits per heavy atom. The highest BCUT2D eigenvalue weighted by atomic mass is 35.5. The van der Waals surface area contributed by atoms with E-state index in [1.54, 1.807) is 12.1 Å². The summed E-state index contributed by atoms with van der Waals surface area (Å²) in [5, 5.41) is 4.02. The van der Waals surface area contributed by atoms with Crippen molar-refractivity contribution in [2.75, 3.05) is 0 Å². The van der Waals surface area contributed by atoms with Crippen LogP contribution in [-0.2, 0) is 5.88 Å². The summed E-state index contributed by atoms with van der Waals surface area (Å²) in [6.07, 6.45) is 0. The largest absolute Gasteiger partial charge is 0.348 e. The SMILES string of the molecule is O=c1[nH]c(CCl)nn1-c1ccccc1. The number of rotatable bonds is 2. The first-order chi connectivity index (χ1) is 6.81. The first-order valence-corrected chi connectivity index (χ1v) is 4.64. The first kappa shape index (κ1) is 9.02. The van der Waals surface area contributed by atoms with Crippen molar-refractivity contribution >= 4 is 11.6 Å². The fraction of sp³-hybridized carbons (Fsp3) is 0.111. The van der Waals surface area contributed by atoms with Gasteiger partial charge in [-0.25, -0.2) is 4.79 Å². The van der Waals surface area contributed by atoms with Crippen LogP contribution in [0.2, 0.25) is 0 Å². The van der Waals surface area contributed by atoms with Gasteiger partial charge in [-0.3, -0.25) is 4.98 Å². The van der Waals surface area contributed by atoms with Gasteiger partial charge in [0.05, 0.1) is 11.6 Å². The molecule has 14 heavy (non-hydrogen) atoms. The predicted molar refractivity (Wildman–Crippen MR) is 53.7 cm³/mol. The zero-order valence-corrected chi connectivity index (χ0v) is 8.03. The summed E-state index contributed by atoms with van der Waals surface area (Å²) in [6.45, 7) is 0. The minimum atomic E-state index is -0.271. The summed E-state index contributed by atoms with van der Waals surface area (Å²) in [7, 11) is 0. The van der Waals surface area contributed by atoms with Gasteiger partial charge in [0.15, 0.2) is 0 Å². The number of aromatic amines is 1. The number of hydrogen-bond donors (Lipinski definition) is 1. The molecule has 2 rings (SSSR count). The maximum absolute atomic E-state index is 11.4. The fourth-order valence-corrected chi connectivity index (χ4v) is 1.29. The van der Waals surface area contributed by atoms with Crippen molar-refractivity contribution in [2.45, 2.75) is 5.88 Å². The number of para-hydroxylation sites is 1. The highest BCUT2D eigenvalue weighted by molar-refractivity contribution is 6.16. The van der Waals surface area contributed by atoms with Crippen LogP contribution in [0.15, 0.2) is 35.1 Å². The average molecular weight is 210 g/mol. The molecule has 0 bridgehead atoms. The van der Waals surface area contributed by atoms with Gasteiger partial charge in [-0.1, -0.05) is 18.2 Å². The minimum absolute atomic E-state index is 0.203. The van der Waals surface area contributed by atoms with E-state index < -0.39 is 0 Å². The van der Waals surface area contributed by atoms with Gasteiger partial charge in [0.1, 0.15) is 5.82 Å². The van der Waals surface area contributed by atoms with Crippen LogP contribution in [0.5, 0.6) is 0 Å². The number of H-pyrrole nitrogens is 1. The number of nitrogens with zero attached hydrogens (tertiary/aromatic N) is 2. The summed E-state index contributed by atoms with van der Waals surface area (Å²) < 4.78 is 1.29. The molecule has 0 aliphatic rings. The third kappa shape index (κ3) is 1.56. The van der Waals surface area contributed by atoms with E-state index in [9.17, 15) is 4.79 Å². The van der Waals surface area contributed by atoms with Crippen LogP contribution in [0.25, 0.3) is 5.69 Å². The second kappa shape index (κ2) is 3.67. The molecule has 1 aromatic heterocycles. The molecule has 0 amide bonds. The molecule has 0 unspecified atom stereocenters. The molecule has 1 heterocycles. The number of hydrogen-bond acceptors (Lipinski definition) is 2. The number of alkyl halides is 1. The topological polar surface area (TPSA) is 50.7 Å². The van der Waals surface area contributed by atoms with Crippen molar-refractivity contribution in [2.24, 2.45) is 0 Å². The van der Waals surface area contributed by atoms with Crippen LogP contribution in [0.4, 0.5) is 0 Å². The van der Waals surface area contributed by atoms with Gasteiger partial charge in [-0.05, 0) is 12.1 Å². The molecule has 1 N–H and O–H groups in total. The van der Waals surface area contributed by atoms with E-state index >= 15 is 0 Å². The van der Waals surface area contributed by atoms with E-state index in [-0.39, 0.29) is 11.6 Å². The molecule has 0 saturated carbocycles. The normalized spacial score (nSPS) is 10.4. The highest BCUT2D eigenvalue weighted by Gasteiger charge is 2.04. The average Bonchev–Trinajstić information content (AvgIpc) is 2.61. The van der Waals surface area contributed by atoms with E-state index in [0.29, 0.717) is 5.82 Å². The van der Waals surface area contributed by atoms with Crippen molar-refractivity contribution in [1.82, 2.24) is 14.8 Å². The molecule has 0 saturated heterocycles. The van der Waals surface area contributed by atoms with E-state index in [4.69, 9.17) is 11.6 Å². The van der Waals surface area contributed by atoms with Crippen molar-refractivity contribution in [3.63, 3.8) is 0 Å². The molecule has 0 radical (unpaired) electrons. The zero-order chi connectivity index (χ0) is 9.97. The quantitative estimate of drug-likeness (QED) is 0.758. The Labute approximate surface area is 85.1 Å². The molecule has 0 aliphatic carbocycles. The fourth-order valence-electron chi connectivity index (χ4n) is 1.17. The van der Waals surface area contributed by atoms with Gasteiger partial charge in [0.2, 0.25) is 0 Å². The van der Waals surface area contributed by atoms with Crippen molar-refractivity contribution in [3.8, 4) is 5.69 Å². The Bertz CT molecular complexity index is 474. The van der Waals surface area contributed by atoms with Gasteiger partial charge in [0, 0.05) is 0 Å². The Hall–Kier alpha value is -1.55. The third-order valence-corrected chi connectivity index (χ3v) is 2.04. The van der Waals surface area contributed by atoms with E-state index in [1.807, 2.05) is 18.2 Å². The number of benzene rings is 1. The van der Waals surface area contributed by atoms with Gasteiger partial charge in [0.25, 0.3) is 0 Å². The first-order valence-electron chi connectivity index (χ1n) is 4.11. The number of nitrogens with one attached hydrogen (secondary N) is 1. The lowest BCUT2D eigenvalue weighted by atomic mass is 10.3. The Balaban J connectivity index is 2.52. The Morgan fingerprint density at radius 3 is 2.64 bits per heavy atom. The van der Waals surface area contributed by atoms with Crippen LogP contribution in [0, 0.1) is 0 Å². The van der Waals surface area contributed by atoms with Gasteiger partial charge in [-0.15, -0.1) is 16.7 Å². The zero-order valence-electron chi connectivity index (χ0n) is 7.27. The molecular weight excluding hydrogens is 202 g/mol.